The van der Waals surface area contributed by atoms with Gasteiger partial charge >= 0.3 is 0 Å². The summed E-state index contributed by atoms with van der Waals surface area (Å²) >= 11 is 3.06. The minimum Gasteiger partial charge on any atom is -0.355 e. The third kappa shape index (κ3) is 7.04. The molecule has 0 aliphatic carbocycles. The summed E-state index contributed by atoms with van der Waals surface area (Å²) in [7, 11) is 6.53. The van der Waals surface area contributed by atoms with E-state index in [1.807, 2.05) is 0 Å². The van der Waals surface area contributed by atoms with Gasteiger partial charge in [-0.2, -0.15) is 10.1 Å². The maximum Gasteiger partial charge on any atom is 0.230 e. The van der Waals surface area contributed by atoms with Crippen LogP contribution in [0.2, 0.25) is 0 Å². The van der Waals surface area contributed by atoms with Gasteiger partial charge in [-0.1, -0.05) is 15.9 Å². The van der Waals surface area contributed by atoms with E-state index in [0.717, 1.165) is 19.5 Å². The molecule has 0 fully saturated rings. The SMILES string of the molecule is [B]P=S(C)CCNC(=O)CBr. The summed E-state index contributed by atoms with van der Waals surface area (Å²) in [4.78, 5) is 10.7. The minimum atomic E-state index is 0.0377. The van der Waals surface area contributed by atoms with Crippen LogP contribution in [-0.2, 0) is 14.9 Å². The number of amides is 1. The number of halogens is 1. The van der Waals surface area contributed by atoms with E-state index in [1.165, 1.54) is 0 Å². The first kappa shape index (κ1) is 11.7. The van der Waals surface area contributed by atoms with Crippen molar-refractivity contribution < 1.29 is 4.79 Å². The Bertz CT molecular complexity index is 167. The van der Waals surface area contributed by atoms with Crippen LogP contribution in [-0.4, -0.2) is 37.4 Å². The summed E-state index contributed by atoms with van der Waals surface area (Å²) in [6.45, 7) is 0.730. The van der Waals surface area contributed by atoms with Crippen LogP contribution in [0.25, 0.3) is 0 Å². The molecular formula is C5H10BBrNOPS. The van der Waals surface area contributed by atoms with Gasteiger partial charge in [0.15, 0.2) is 7.57 Å². The van der Waals surface area contributed by atoms with E-state index in [9.17, 15) is 4.79 Å². The second kappa shape index (κ2) is 7.32. The first-order valence-corrected chi connectivity index (χ1v) is 7.56. The molecule has 0 heterocycles. The van der Waals surface area contributed by atoms with Crippen molar-refractivity contribution in [3.8, 4) is 0 Å². The van der Waals surface area contributed by atoms with Crippen molar-refractivity contribution in [3.05, 3.63) is 0 Å². The van der Waals surface area contributed by atoms with E-state index in [0.29, 0.717) is 5.33 Å². The molecule has 2 radical (unpaired) electrons. The van der Waals surface area contributed by atoms with E-state index in [1.54, 1.807) is 0 Å². The van der Waals surface area contributed by atoms with Crippen LogP contribution in [0.5, 0.6) is 0 Å². The molecule has 0 aromatic heterocycles. The van der Waals surface area contributed by atoms with Gasteiger partial charge in [-0.15, -0.1) is 7.23 Å². The minimum absolute atomic E-state index is 0.0377. The average molecular weight is 254 g/mol. The molecular weight excluding hydrogens is 244 g/mol. The normalized spacial score (nSPS) is 12.9. The van der Waals surface area contributed by atoms with E-state index in [-0.39, 0.29) is 16.0 Å². The Hall–Kier alpha value is 0.665. The molecule has 0 bridgehead atoms. The number of hydrogen-bond donors (Lipinski definition) is 1. The lowest BCUT2D eigenvalue weighted by Crippen LogP contribution is -2.27. The molecule has 0 aromatic rings. The third-order valence-corrected chi connectivity index (χ3v) is 4.31. The highest BCUT2D eigenvalue weighted by Gasteiger charge is 1.95. The molecule has 0 rings (SSSR count). The molecule has 6 heteroatoms. The number of carbonyl (C=O) groups excluding carboxylic acids is 1. The number of carbonyl (C=O) groups is 1. The number of nitrogens with one attached hydrogen (secondary N) is 1. The molecule has 0 saturated carbocycles. The first-order valence-electron chi connectivity index (χ1n) is 3.07. The van der Waals surface area contributed by atoms with Gasteiger partial charge in [0.25, 0.3) is 0 Å². The van der Waals surface area contributed by atoms with Gasteiger partial charge in [0.05, 0.1) is 5.33 Å². The van der Waals surface area contributed by atoms with Crippen LogP contribution >= 0.6 is 23.2 Å². The number of alkyl halides is 1. The van der Waals surface area contributed by atoms with Gasteiger partial charge in [-0.3, -0.25) is 4.79 Å². The highest BCUT2D eigenvalue weighted by atomic mass is 79.9. The second-order valence-corrected chi connectivity index (χ2v) is 6.78. The fraction of sp³-hybridized carbons (Fsp3) is 0.800. The van der Waals surface area contributed by atoms with Crippen molar-refractivity contribution in [2.75, 3.05) is 23.9 Å². The lowest BCUT2D eigenvalue weighted by Gasteiger charge is -2.02. The van der Waals surface area contributed by atoms with Crippen molar-refractivity contribution in [1.82, 2.24) is 5.32 Å². The second-order valence-electron chi connectivity index (χ2n) is 1.89. The van der Waals surface area contributed by atoms with Gasteiger partial charge in [-0.25, -0.2) is 0 Å². The molecule has 1 amide bonds. The topological polar surface area (TPSA) is 29.1 Å². The lowest BCUT2D eigenvalue weighted by molar-refractivity contribution is -0.118. The molecule has 0 spiro atoms. The van der Waals surface area contributed by atoms with E-state index in [2.05, 4.69) is 27.5 Å². The molecule has 1 atom stereocenters. The van der Waals surface area contributed by atoms with Gasteiger partial charge in [0.2, 0.25) is 5.91 Å². The molecule has 0 aliphatic rings. The predicted molar refractivity (Wildman–Crippen MR) is 57.6 cm³/mol. The van der Waals surface area contributed by atoms with Gasteiger partial charge < -0.3 is 5.32 Å². The zero-order valence-corrected chi connectivity index (χ0v) is 9.64. The van der Waals surface area contributed by atoms with Crippen molar-refractivity contribution in [1.29, 1.82) is 0 Å². The van der Waals surface area contributed by atoms with Crippen LogP contribution in [0.3, 0.4) is 0 Å². The molecule has 1 N–H and O–H groups in total. The summed E-state index contributed by atoms with van der Waals surface area (Å²) in [6, 6.07) is 0. The molecule has 1 unspecified atom stereocenters. The average Bonchev–Trinajstić information content (AvgIpc) is 2.04. The molecule has 62 valence electrons. The number of hydrogen-bond acceptors (Lipinski definition) is 1. The van der Waals surface area contributed by atoms with Crippen LogP contribution < -0.4 is 5.32 Å². The first-order chi connectivity index (χ1) is 5.20. The maximum atomic E-state index is 10.7. The van der Waals surface area contributed by atoms with E-state index < -0.39 is 0 Å². The Kier molecular flexibility index (Phi) is 7.76. The van der Waals surface area contributed by atoms with Crippen molar-refractivity contribution >= 4 is 46.7 Å². The Morgan fingerprint density at radius 2 is 2.45 bits per heavy atom. The smallest absolute Gasteiger partial charge is 0.230 e. The summed E-state index contributed by atoms with van der Waals surface area (Å²) < 4.78 is 0. The highest BCUT2D eigenvalue weighted by molar-refractivity contribution is 9.09. The van der Waals surface area contributed by atoms with E-state index in [4.69, 9.17) is 7.57 Å². The molecule has 11 heavy (non-hydrogen) atoms. The molecule has 0 aromatic carbocycles. The number of rotatable bonds is 4. The zero-order valence-electron chi connectivity index (χ0n) is 6.34. The van der Waals surface area contributed by atoms with Gasteiger partial charge in [0.1, 0.15) is 0 Å². The molecule has 0 saturated heterocycles. The van der Waals surface area contributed by atoms with Crippen molar-refractivity contribution in [3.63, 3.8) is 0 Å². The van der Waals surface area contributed by atoms with E-state index >= 15 is 0 Å². The lowest BCUT2D eigenvalue weighted by atomic mass is 10.6. The molecule has 2 nitrogen and oxygen atoms in total. The van der Waals surface area contributed by atoms with Crippen LogP contribution in [0.15, 0.2) is 0 Å². The standard InChI is InChI=1S/C5H10BBrNOPS/c1-11(10-6)3-2-8-5(9)4-7/h2-4H2,1H3,(H,8,9). The Balaban J connectivity index is 3.35. The molecule has 0 aliphatic heterocycles. The Morgan fingerprint density at radius 3 is 2.91 bits per heavy atom. The van der Waals surface area contributed by atoms with Crippen molar-refractivity contribution in [2.45, 2.75) is 0 Å². The highest BCUT2D eigenvalue weighted by Crippen LogP contribution is 1.93. The van der Waals surface area contributed by atoms with Crippen molar-refractivity contribution in [2.24, 2.45) is 0 Å². The van der Waals surface area contributed by atoms with Crippen LogP contribution in [0.1, 0.15) is 0 Å². The van der Waals surface area contributed by atoms with Gasteiger partial charge in [0, 0.05) is 12.3 Å². The third-order valence-electron chi connectivity index (χ3n) is 1.02. The zero-order chi connectivity index (χ0) is 8.69. The Morgan fingerprint density at radius 1 is 1.82 bits per heavy atom. The van der Waals surface area contributed by atoms with Crippen LogP contribution in [0, 0.1) is 0 Å². The predicted octanol–water partition coefficient (Wildman–Crippen LogP) is 0.690. The monoisotopic (exact) mass is 253 g/mol. The summed E-state index contributed by atoms with van der Waals surface area (Å²) in [6.07, 6.45) is 2.09. The Labute approximate surface area is 80.8 Å². The fourth-order valence-electron chi connectivity index (χ4n) is 0.438. The summed E-state index contributed by atoms with van der Waals surface area (Å²) in [5, 5.41) is 3.14. The fourth-order valence-corrected chi connectivity index (χ4v) is 1.73. The van der Waals surface area contributed by atoms with Gasteiger partial charge in [-0.05, 0) is 6.26 Å². The maximum absolute atomic E-state index is 10.7. The summed E-state index contributed by atoms with van der Waals surface area (Å²) in [5.41, 5.74) is 0. The van der Waals surface area contributed by atoms with Crippen LogP contribution in [0.4, 0.5) is 0 Å². The quantitative estimate of drug-likeness (QED) is 0.446. The summed E-state index contributed by atoms with van der Waals surface area (Å²) in [5.74, 6) is 1.01. The largest absolute Gasteiger partial charge is 0.355 e.